The molecule has 108 valence electrons. The normalized spacial score (nSPS) is 26.3. The Labute approximate surface area is 114 Å². The quantitative estimate of drug-likeness (QED) is 0.780. The molecule has 0 aromatic heterocycles. The van der Waals surface area contributed by atoms with Crippen LogP contribution in [0.4, 0.5) is 0 Å². The number of hydrogen-bond donors (Lipinski definition) is 1. The van der Waals surface area contributed by atoms with Gasteiger partial charge in [0.2, 0.25) is 0 Å². The van der Waals surface area contributed by atoms with E-state index in [9.17, 15) is 5.11 Å². The first-order chi connectivity index (χ1) is 8.72. The van der Waals surface area contributed by atoms with E-state index < -0.39 is 0 Å². The minimum absolute atomic E-state index is 0.0976. The number of rotatable bonds is 6. The topological polar surface area (TPSA) is 23.5 Å². The van der Waals surface area contributed by atoms with Crippen LogP contribution in [0.2, 0.25) is 0 Å². The van der Waals surface area contributed by atoms with Crippen molar-refractivity contribution in [3.05, 3.63) is 0 Å². The molecule has 0 saturated heterocycles. The van der Waals surface area contributed by atoms with E-state index in [0.717, 1.165) is 18.9 Å². The van der Waals surface area contributed by atoms with E-state index >= 15 is 0 Å². The maximum absolute atomic E-state index is 10.4. The average Bonchev–Trinajstić information content (AvgIpc) is 2.37. The molecule has 0 bridgehead atoms. The highest BCUT2D eigenvalue weighted by Crippen LogP contribution is 2.23. The van der Waals surface area contributed by atoms with Gasteiger partial charge in [-0.25, -0.2) is 0 Å². The number of nitrogens with zero attached hydrogens (tertiary/aromatic N) is 1. The molecule has 2 heteroatoms. The fourth-order valence-electron chi connectivity index (χ4n) is 3.25. The second-order valence-corrected chi connectivity index (χ2v) is 5.90. The summed E-state index contributed by atoms with van der Waals surface area (Å²) in [4.78, 5) is 2.55. The molecule has 0 heterocycles. The van der Waals surface area contributed by atoms with Crippen LogP contribution in [0.1, 0.15) is 72.1 Å². The first kappa shape index (κ1) is 16.0. The minimum atomic E-state index is -0.0976. The second-order valence-electron chi connectivity index (χ2n) is 5.90. The molecular formula is C16H33NO. The summed E-state index contributed by atoms with van der Waals surface area (Å²) in [5, 5.41) is 10.4. The van der Waals surface area contributed by atoms with Crippen molar-refractivity contribution in [1.29, 1.82) is 0 Å². The molecule has 1 aliphatic rings. The van der Waals surface area contributed by atoms with Crippen molar-refractivity contribution in [2.45, 2.75) is 84.3 Å². The molecule has 0 spiro atoms. The first-order valence-corrected chi connectivity index (χ1v) is 8.14. The molecule has 2 atom stereocenters. The highest BCUT2D eigenvalue weighted by Gasteiger charge is 2.26. The molecule has 0 aromatic carbocycles. The third-order valence-corrected chi connectivity index (χ3v) is 4.72. The zero-order valence-electron chi connectivity index (χ0n) is 12.7. The van der Waals surface area contributed by atoms with Crippen LogP contribution >= 0.6 is 0 Å². The van der Waals surface area contributed by atoms with Gasteiger partial charge in [0.05, 0.1) is 6.10 Å². The van der Waals surface area contributed by atoms with Crippen molar-refractivity contribution >= 4 is 0 Å². The Hall–Kier alpha value is -0.0800. The lowest BCUT2D eigenvalue weighted by atomic mass is 9.92. The van der Waals surface area contributed by atoms with Gasteiger partial charge in [-0.05, 0) is 25.3 Å². The molecule has 0 radical (unpaired) electrons. The van der Waals surface area contributed by atoms with E-state index in [1.54, 1.807) is 0 Å². The maximum Gasteiger partial charge on any atom is 0.0695 e. The van der Waals surface area contributed by atoms with Gasteiger partial charge in [-0.15, -0.1) is 0 Å². The minimum Gasteiger partial charge on any atom is -0.391 e. The van der Waals surface area contributed by atoms with Crippen LogP contribution in [0.3, 0.4) is 0 Å². The Morgan fingerprint density at radius 2 is 1.61 bits per heavy atom. The summed E-state index contributed by atoms with van der Waals surface area (Å²) < 4.78 is 0. The molecule has 0 aromatic rings. The lowest BCUT2D eigenvalue weighted by molar-refractivity contribution is 0.0254. The summed E-state index contributed by atoms with van der Waals surface area (Å²) in [5.74, 6) is 0.794. The predicted octanol–water partition coefficient (Wildman–Crippen LogP) is 3.83. The monoisotopic (exact) mass is 255 g/mol. The van der Waals surface area contributed by atoms with Gasteiger partial charge in [-0.3, -0.25) is 4.90 Å². The van der Waals surface area contributed by atoms with E-state index in [4.69, 9.17) is 0 Å². The van der Waals surface area contributed by atoms with Crippen LogP contribution in [-0.4, -0.2) is 35.2 Å². The fourth-order valence-corrected chi connectivity index (χ4v) is 3.25. The molecule has 1 N–H and O–H groups in total. The van der Waals surface area contributed by atoms with E-state index in [1.807, 2.05) is 0 Å². The highest BCUT2D eigenvalue weighted by molar-refractivity contribution is 4.81. The van der Waals surface area contributed by atoms with E-state index in [2.05, 4.69) is 25.7 Å². The van der Waals surface area contributed by atoms with Crippen molar-refractivity contribution in [2.75, 3.05) is 13.1 Å². The smallest absolute Gasteiger partial charge is 0.0695 e. The molecule has 2 nitrogen and oxygen atoms in total. The Bertz CT molecular complexity index is 203. The van der Waals surface area contributed by atoms with E-state index in [1.165, 1.54) is 51.5 Å². The Kier molecular flexibility index (Phi) is 7.92. The summed E-state index contributed by atoms with van der Waals surface area (Å²) in [6.45, 7) is 9.07. The summed E-state index contributed by atoms with van der Waals surface area (Å²) in [7, 11) is 0. The molecule has 0 amide bonds. The maximum atomic E-state index is 10.4. The van der Waals surface area contributed by atoms with Gasteiger partial charge >= 0.3 is 0 Å². The fraction of sp³-hybridized carbons (Fsp3) is 1.00. The number of aliphatic hydroxyl groups excluding tert-OH is 1. The van der Waals surface area contributed by atoms with Crippen LogP contribution in [0, 0.1) is 5.92 Å². The molecular weight excluding hydrogens is 222 g/mol. The zero-order chi connectivity index (χ0) is 13.4. The zero-order valence-corrected chi connectivity index (χ0v) is 12.7. The lowest BCUT2D eigenvalue weighted by Crippen LogP contribution is -2.46. The van der Waals surface area contributed by atoms with Gasteiger partial charge in [-0.2, -0.15) is 0 Å². The van der Waals surface area contributed by atoms with Gasteiger partial charge in [0, 0.05) is 12.6 Å². The summed E-state index contributed by atoms with van der Waals surface area (Å²) in [6, 6.07) is 0.413. The summed E-state index contributed by atoms with van der Waals surface area (Å²) in [5.41, 5.74) is 0. The molecule has 1 aliphatic carbocycles. The molecule has 1 saturated carbocycles. The van der Waals surface area contributed by atoms with Crippen molar-refractivity contribution in [2.24, 2.45) is 5.92 Å². The average molecular weight is 255 g/mol. The van der Waals surface area contributed by atoms with Crippen LogP contribution in [-0.2, 0) is 0 Å². The third kappa shape index (κ3) is 4.89. The summed E-state index contributed by atoms with van der Waals surface area (Å²) >= 11 is 0. The van der Waals surface area contributed by atoms with Crippen molar-refractivity contribution < 1.29 is 5.11 Å². The van der Waals surface area contributed by atoms with Crippen LogP contribution in [0.25, 0.3) is 0 Å². The van der Waals surface area contributed by atoms with Crippen LogP contribution in [0.5, 0.6) is 0 Å². The van der Waals surface area contributed by atoms with Crippen molar-refractivity contribution in [3.63, 3.8) is 0 Å². The van der Waals surface area contributed by atoms with Crippen molar-refractivity contribution in [3.8, 4) is 0 Å². The van der Waals surface area contributed by atoms with Gasteiger partial charge in [0.1, 0.15) is 0 Å². The van der Waals surface area contributed by atoms with Gasteiger partial charge in [0.25, 0.3) is 0 Å². The van der Waals surface area contributed by atoms with E-state index in [0.29, 0.717) is 6.04 Å². The summed E-state index contributed by atoms with van der Waals surface area (Å²) in [6.07, 6.45) is 9.78. The largest absolute Gasteiger partial charge is 0.391 e. The number of hydrogen-bond acceptors (Lipinski definition) is 2. The van der Waals surface area contributed by atoms with Gasteiger partial charge in [0.15, 0.2) is 0 Å². The number of aliphatic hydroxyl groups is 1. The lowest BCUT2D eigenvalue weighted by Gasteiger charge is -2.37. The van der Waals surface area contributed by atoms with E-state index in [-0.39, 0.29) is 6.10 Å². The van der Waals surface area contributed by atoms with Crippen molar-refractivity contribution in [1.82, 2.24) is 4.90 Å². The SMILES string of the molecule is CCC(CC)CN(CC)C1CCCCCCC1O. The third-order valence-electron chi connectivity index (χ3n) is 4.72. The highest BCUT2D eigenvalue weighted by atomic mass is 16.3. The van der Waals surface area contributed by atoms with Crippen LogP contribution < -0.4 is 0 Å². The number of likely N-dealkylation sites (N-methyl/N-ethyl adjacent to an activating group) is 1. The molecule has 0 aliphatic heterocycles. The van der Waals surface area contributed by atoms with Crippen LogP contribution in [0.15, 0.2) is 0 Å². The Morgan fingerprint density at radius 1 is 1.00 bits per heavy atom. The Balaban J connectivity index is 2.58. The first-order valence-electron chi connectivity index (χ1n) is 8.14. The second kappa shape index (κ2) is 8.92. The molecule has 2 unspecified atom stereocenters. The predicted molar refractivity (Wildman–Crippen MR) is 78.8 cm³/mol. The standard InChI is InChI=1S/C16H33NO/c1-4-14(5-2)13-17(6-3)15-11-9-7-8-10-12-16(15)18/h14-16,18H,4-13H2,1-3H3. The Morgan fingerprint density at radius 3 is 2.17 bits per heavy atom. The molecule has 1 rings (SSSR count). The van der Waals surface area contributed by atoms with Gasteiger partial charge < -0.3 is 5.11 Å². The molecule has 18 heavy (non-hydrogen) atoms. The van der Waals surface area contributed by atoms with Gasteiger partial charge in [-0.1, -0.05) is 59.3 Å². The molecule has 1 fully saturated rings.